The monoisotopic (exact) mass is 861 g/mol. The minimum atomic E-state index is -5.12. The van der Waals surface area contributed by atoms with Crippen LogP contribution in [0, 0.1) is 0 Å². The number of phosphoric acid groups is 1. The van der Waals surface area contributed by atoms with Crippen molar-refractivity contribution >= 4 is 19.8 Å². The second-order valence-corrected chi connectivity index (χ2v) is 17.3. The van der Waals surface area contributed by atoms with E-state index in [1.54, 1.807) is 0 Å². The van der Waals surface area contributed by atoms with Gasteiger partial charge in [0.25, 0.3) is 0 Å². The van der Waals surface area contributed by atoms with Gasteiger partial charge < -0.3 is 39.9 Å². The van der Waals surface area contributed by atoms with Gasteiger partial charge >= 0.3 is 19.8 Å². The third-order valence-corrected chi connectivity index (χ3v) is 11.4. The number of aliphatic hydroxyl groups is 5. The van der Waals surface area contributed by atoms with Crippen molar-refractivity contribution in [1.82, 2.24) is 0 Å². The van der Waals surface area contributed by atoms with Gasteiger partial charge in [0.15, 0.2) is 6.10 Å². The number of rotatable bonds is 37. The van der Waals surface area contributed by atoms with Crippen LogP contribution in [0.4, 0.5) is 0 Å². The van der Waals surface area contributed by atoms with Gasteiger partial charge in [-0.1, -0.05) is 140 Å². The highest BCUT2D eigenvalue weighted by Gasteiger charge is 2.51. The van der Waals surface area contributed by atoms with Gasteiger partial charge in [0, 0.05) is 12.8 Å². The number of carbonyl (C=O) groups is 2. The lowest BCUT2D eigenvalue weighted by Crippen LogP contribution is -2.64. The fraction of sp³-hybridized carbons (Fsp3) is 0.822. The molecule has 8 atom stereocenters. The fourth-order valence-corrected chi connectivity index (χ4v) is 7.68. The van der Waals surface area contributed by atoms with E-state index in [0.717, 1.165) is 77.0 Å². The number of ether oxygens (including phenoxy) is 2. The van der Waals surface area contributed by atoms with Crippen LogP contribution in [0.5, 0.6) is 0 Å². The Hall–Kier alpha value is -1.93. The summed E-state index contributed by atoms with van der Waals surface area (Å²) in [5.74, 6) is -1.12. The third kappa shape index (κ3) is 28.3. The summed E-state index contributed by atoms with van der Waals surface area (Å²) in [6.07, 6.45) is 26.4. The van der Waals surface area contributed by atoms with Crippen molar-refractivity contribution in [1.29, 1.82) is 0 Å². The average Bonchev–Trinajstić information content (AvgIpc) is 3.21. The SMILES string of the molecule is CCCC/C=C\CCCCCCCC(=O)O[C@H](COC(=O)CCCCCCCCCCC/C=C\C/C=C\CCCCC)COP(=O)(O)OC1C(O)C(O)C(O)[C@@H](O)C1O. The van der Waals surface area contributed by atoms with E-state index >= 15 is 0 Å². The van der Waals surface area contributed by atoms with Crippen LogP contribution in [0.15, 0.2) is 36.5 Å². The van der Waals surface area contributed by atoms with Crippen LogP contribution >= 0.6 is 7.82 Å². The predicted octanol–water partition coefficient (Wildman–Crippen LogP) is 8.61. The smallest absolute Gasteiger partial charge is 0.462 e. The normalized spacial score (nSPS) is 22.6. The van der Waals surface area contributed by atoms with E-state index in [1.165, 1.54) is 64.2 Å². The molecule has 14 heteroatoms. The van der Waals surface area contributed by atoms with E-state index < -0.39 is 75.7 Å². The Morgan fingerprint density at radius 3 is 1.44 bits per heavy atom. The molecule has 1 rings (SSSR count). The van der Waals surface area contributed by atoms with Gasteiger partial charge in [-0.05, 0) is 64.2 Å². The van der Waals surface area contributed by atoms with E-state index in [4.69, 9.17) is 18.5 Å². The number of unbranched alkanes of at least 4 members (excludes halogenated alkanes) is 19. The molecule has 0 bridgehead atoms. The van der Waals surface area contributed by atoms with Crippen molar-refractivity contribution in [2.45, 2.75) is 224 Å². The summed E-state index contributed by atoms with van der Waals surface area (Å²) in [6, 6.07) is 0. The first-order chi connectivity index (χ1) is 28.4. The van der Waals surface area contributed by atoms with Gasteiger partial charge in [-0.15, -0.1) is 0 Å². The largest absolute Gasteiger partial charge is 0.472 e. The van der Waals surface area contributed by atoms with E-state index in [-0.39, 0.29) is 12.8 Å². The molecule has 0 aliphatic heterocycles. The molecule has 0 aromatic rings. The molecule has 1 aliphatic rings. The van der Waals surface area contributed by atoms with Gasteiger partial charge in [-0.25, -0.2) is 4.57 Å². The summed E-state index contributed by atoms with van der Waals surface area (Å²) in [5.41, 5.74) is 0. The lowest BCUT2D eigenvalue weighted by atomic mass is 9.85. The van der Waals surface area contributed by atoms with Crippen LogP contribution in [0.25, 0.3) is 0 Å². The first-order valence-corrected chi connectivity index (χ1v) is 24.3. The number of phosphoric ester groups is 1. The quantitative estimate of drug-likeness (QED) is 0.0150. The van der Waals surface area contributed by atoms with E-state index in [9.17, 15) is 44.6 Å². The Bertz CT molecular complexity index is 1180. The number of hydrogen-bond donors (Lipinski definition) is 6. The van der Waals surface area contributed by atoms with Crippen molar-refractivity contribution in [3.63, 3.8) is 0 Å². The number of carbonyl (C=O) groups excluding carboxylic acids is 2. The maximum absolute atomic E-state index is 12.8. The highest BCUT2D eigenvalue weighted by Crippen LogP contribution is 2.47. The second kappa shape index (κ2) is 35.6. The number of allylic oxidation sites excluding steroid dienone is 6. The Labute approximate surface area is 355 Å². The molecule has 1 fully saturated rings. The van der Waals surface area contributed by atoms with Crippen molar-refractivity contribution in [2.75, 3.05) is 13.2 Å². The fourth-order valence-electron chi connectivity index (χ4n) is 6.71. The minimum absolute atomic E-state index is 0.0852. The molecule has 344 valence electrons. The molecular weight excluding hydrogens is 779 g/mol. The van der Waals surface area contributed by atoms with Gasteiger partial charge in [0.2, 0.25) is 0 Å². The number of hydrogen-bond acceptors (Lipinski definition) is 12. The van der Waals surface area contributed by atoms with E-state index in [1.807, 2.05) is 0 Å². The predicted molar refractivity (Wildman–Crippen MR) is 230 cm³/mol. The molecule has 0 spiro atoms. The van der Waals surface area contributed by atoms with Crippen molar-refractivity contribution in [2.24, 2.45) is 0 Å². The summed E-state index contributed by atoms with van der Waals surface area (Å²) < 4.78 is 33.5. The van der Waals surface area contributed by atoms with Crippen LogP contribution in [0.3, 0.4) is 0 Å². The first kappa shape index (κ1) is 55.1. The van der Waals surface area contributed by atoms with E-state index in [2.05, 4.69) is 50.3 Å². The maximum atomic E-state index is 12.8. The molecule has 0 heterocycles. The summed E-state index contributed by atoms with van der Waals surface area (Å²) in [7, 11) is -5.12. The van der Waals surface area contributed by atoms with Crippen LogP contribution in [-0.2, 0) is 32.7 Å². The minimum Gasteiger partial charge on any atom is -0.462 e. The van der Waals surface area contributed by atoms with Crippen LogP contribution in [-0.4, -0.2) is 98.3 Å². The van der Waals surface area contributed by atoms with Crippen molar-refractivity contribution in [3.8, 4) is 0 Å². The summed E-state index contributed by atoms with van der Waals surface area (Å²) in [6.45, 7) is 3.21. The highest BCUT2D eigenvalue weighted by atomic mass is 31.2. The van der Waals surface area contributed by atoms with E-state index in [0.29, 0.717) is 12.8 Å². The highest BCUT2D eigenvalue weighted by molar-refractivity contribution is 7.47. The van der Waals surface area contributed by atoms with Gasteiger partial charge in [-0.3, -0.25) is 18.6 Å². The molecule has 13 nitrogen and oxygen atoms in total. The summed E-state index contributed by atoms with van der Waals surface area (Å²) >= 11 is 0. The number of aliphatic hydroxyl groups excluding tert-OH is 5. The molecule has 59 heavy (non-hydrogen) atoms. The Morgan fingerprint density at radius 2 is 0.932 bits per heavy atom. The Balaban J connectivity index is 2.43. The molecule has 0 amide bonds. The molecular formula is C45H81O13P. The zero-order chi connectivity index (χ0) is 43.6. The zero-order valence-corrected chi connectivity index (χ0v) is 37.2. The molecule has 0 saturated heterocycles. The molecule has 1 saturated carbocycles. The summed E-state index contributed by atoms with van der Waals surface area (Å²) in [4.78, 5) is 35.6. The second-order valence-electron chi connectivity index (χ2n) is 15.9. The topological polar surface area (TPSA) is 210 Å². The molecule has 0 aromatic carbocycles. The Kier molecular flexibility index (Phi) is 33.3. The first-order valence-electron chi connectivity index (χ1n) is 22.8. The molecule has 6 N–H and O–H groups in total. The molecule has 1 aliphatic carbocycles. The Morgan fingerprint density at radius 1 is 0.525 bits per heavy atom. The van der Waals surface area contributed by atoms with Gasteiger partial charge in [0.1, 0.15) is 43.2 Å². The standard InChI is InChI=1S/C45H81O13P/c1-3-5-7-9-11-13-15-16-17-18-19-20-21-22-24-25-27-29-31-33-38(46)55-35-37(57-39(47)34-32-30-28-26-23-14-12-10-8-6-4-2)36-56-59(53,54)58-45-43(51)41(49)40(48)42(50)44(45)52/h10-13,16-17,37,40-45,48-52H,3-9,14-15,18-36H2,1-2H3,(H,53,54)/b12-10-,13-11-,17-16-/t37-,40?,41-,42?,43?,44?,45?/m1/s1. The third-order valence-electron chi connectivity index (χ3n) is 10.5. The molecule has 0 aromatic heterocycles. The molecule has 6 unspecified atom stereocenters. The maximum Gasteiger partial charge on any atom is 0.472 e. The average molecular weight is 861 g/mol. The van der Waals surface area contributed by atoms with Gasteiger partial charge in [-0.2, -0.15) is 0 Å². The van der Waals surface area contributed by atoms with Gasteiger partial charge in [0.05, 0.1) is 6.61 Å². The lowest BCUT2D eigenvalue weighted by Gasteiger charge is -2.41. The zero-order valence-electron chi connectivity index (χ0n) is 36.3. The van der Waals surface area contributed by atoms with Crippen molar-refractivity contribution in [3.05, 3.63) is 36.5 Å². The summed E-state index contributed by atoms with van der Waals surface area (Å²) in [5, 5.41) is 50.1. The molecule has 0 radical (unpaired) electrons. The van der Waals surface area contributed by atoms with Crippen LogP contribution in [0.2, 0.25) is 0 Å². The number of esters is 2. The van der Waals surface area contributed by atoms with Crippen LogP contribution in [0.1, 0.15) is 181 Å². The lowest BCUT2D eigenvalue weighted by molar-refractivity contribution is -0.220. The van der Waals surface area contributed by atoms with Crippen LogP contribution < -0.4 is 0 Å². The van der Waals surface area contributed by atoms with Crippen molar-refractivity contribution < 1.29 is 63.1 Å².